The summed E-state index contributed by atoms with van der Waals surface area (Å²) in [5, 5.41) is 7.91. The van der Waals surface area contributed by atoms with Crippen LogP contribution in [0.25, 0.3) is 0 Å². The van der Waals surface area contributed by atoms with Gasteiger partial charge in [-0.15, -0.1) is 10.2 Å². The topological polar surface area (TPSA) is 60.0 Å². The average Bonchev–Trinajstić information content (AvgIpc) is 2.46. The van der Waals surface area contributed by atoms with Crippen LogP contribution in [0.5, 0.6) is 0 Å². The molecule has 0 saturated heterocycles. The first-order valence-corrected chi connectivity index (χ1v) is 4.95. The third-order valence-corrected chi connectivity index (χ3v) is 2.97. The molecule has 2 N–H and O–H groups in total. The lowest BCUT2D eigenvalue weighted by atomic mass is 9.86. The lowest BCUT2D eigenvalue weighted by Gasteiger charge is -2.39. The summed E-state index contributed by atoms with van der Waals surface area (Å²) in [4.78, 5) is 2.30. The molecule has 0 unspecified atom stereocenters. The van der Waals surface area contributed by atoms with Gasteiger partial charge in [0.05, 0.1) is 6.54 Å². The van der Waals surface area contributed by atoms with Crippen molar-refractivity contribution >= 4 is 0 Å². The zero-order valence-corrected chi connectivity index (χ0v) is 8.72. The van der Waals surface area contributed by atoms with E-state index in [0.717, 1.165) is 25.2 Å². The molecule has 1 heterocycles. The fraction of sp³-hybridized carbons (Fsp3) is 0.778. The number of aromatic nitrogens is 3. The molecule has 1 aliphatic rings. The summed E-state index contributed by atoms with van der Waals surface area (Å²) in [7, 11) is 4.08. The molecule has 0 aromatic carbocycles. The van der Waals surface area contributed by atoms with Crippen LogP contribution in [-0.4, -0.2) is 38.8 Å². The van der Waals surface area contributed by atoms with E-state index >= 15 is 0 Å². The van der Waals surface area contributed by atoms with Gasteiger partial charge in [0.25, 0.3) is 0 Å². The monoisotopic (exact) mass is 195 g/mol. The van der Waals surface area contributed by atoms with Crippen LogP contribution in [0.4, 0.5) is 0 Å². The molecule has 0 aliphatic heterocycles. The molecule has 78 valence electrons. The summed E-state index contributed by atoms with van der Waals surface area (Å²) in [5.41, 5.74) is 5.75. The van der Waals surface area contributed by atoms with Crippen LogP contribution in [0.1, 0.15) is 18.7 Å². The second-order valence-corrected chi connectivity index (χ2v) is 4.16. The van der Waals surface area contributed by atoms with E-state index in [0.29, 0.717) is 12.1 Å². The molecule has 0 bridgehead atoms. The minimum atomic E-state index is 0.405. The number of hydrogen-bond acceptors (Lipinski definition) is 4. The van der Waals surface area contributed by atoms with E-state index in [9.17, 15) is 0 Å². The smallest absolute Gasteiger partial charge is 0.146 e. The third-order valence-electron chi connectivity index (χ3n) is 2.97. The van der Waals surface area contributed by atoms with E-state index in [-0.39, 0.29) is 0 Å². The molecule has 0 atom stereocenters. The molecule has 5 heteroatoms. The second-order valence-electron chi connectivity index (χ2n) is 4.16. The summed E-state index contributed by atoms with van der Waals surface area (Å²) in [5.74, 6) is 1.01. The summed E-state index contributed by atoms with van der Waals surface area (Å²) in [6.07, 6.45) is 3.94. The number of rotatable bonds is 3. The second kappa shape index (κ2) is 3.67. The van der Waals surface area contributed by atoms with E-state index in [1.54, 1.807) is 6.33 Å². The van der Waals surface area contributed by atoms with Crippen LogP contribution < -0.4 is 5.73 Å². The van der Waals surface area contributed by atoms with Gasteiger partial charge in [-0.3, -0.25) is 4.90 Å². The Morgan fingerprint density at radius 2 is 2.36 bits per heavy atom. The van der Waals surface area contributed by atoms with Gasteiger partial charge in [0, 0.05) is 19.1 Å². The molecule has 1 saturated carbocycles. The molecule has 14 heavy (non-hydrogen) atoms. The number of hydrogen-bond donors (Lipinski definition) is 1. The highest BCUT2D eigenvalue weighted by Gasteiger charge is 2.29. The first-order chi connectivity index (χ1) is 6.66. The Balaban J connectivity index is 1.89. The Labute approximate surface area is 83.9 Å². The Kier molecular flexibility index (Phi) is 2.52. The van der Waals surface area contributed by atoms with Gasteiger partial charge < -0.3 is 10.3 Å². The minimum Gasteiger partial charge on any atom is -0.328 e. The molecule has 1 aliphatic carbocycles. The quantitative estimate of drug-likeness (QED) is 0.721. The normalized spacial score (nSPS) is 26.6. The highest BCUT2D eigenvalue weighted by molar-refractivity contribution is 4.92. The molecule has 0 amide bonds. The van der Waals surface area contributed by atoms with Crippen LogP contribution in [-0.2, 0) is 13.6 Å². The van der Waals surface area contributed by atoms with E-state index < -0.39 is 0 Å². The molecule has 5 nitrogen and oxygen atoms in total. The Hall–Kier alpha value is -0.940. The molecular formula is C9H17N5. The van der Waals surface area contributed by atoms with E-state index in [1.807, 2.05) is 11.6 Å². The van der Waals surface area contributed by atoms with Crippen LogP contribution in [0.3, 0.4) is 0 Å². The molecular weight excluding hydrogens is 178 g/mol. The third kappa shape index (κ3) is 1.78. The van der Waals surface area contributed by atoms with Gasteiger partial charge in [-0.1, -0.05) is 0 Å². The van der Waals surface area contributed by atoms with Crippen molar-refractivity contribution in [3.63, 3.8) is 0 Å². The van der Waals surface area contributed by atoms with E-state index in [4.69, 9.17) is 5.73 Å². The van der Waals surface area contributed by atoms with Crippen molar-refractivity contribution in [3.05, 3.63) is 12.2 Å². The maximum absolute atomic E-state index is 5.75. The zero-order chi connectivity index (χ0) is 10.1. The first kappa shape index (κ1) is 9.61. The Morgan fingerprint density at radius 1 is 1.64 bits per heavy atom. The highest BCUT2D eigenvalue weighted by atomic mass is 15.3. The lowest BCUT2D eigenvalue weighted by molar-refractivity contribution is 0.128. The van der Waals surface area contributed by atoms with Crippen LogP contribution in [0.2, 0.25) is 0 Å². The first-order valence-electron chi connectivity index (χ1n) is 4.95. The summed E-state index contributed by atoms with van der Waals surface area (Å²) in [6.45, 7) is 0.855. The standard InChI is InChI=1S/C9H17N5/c1-13(8-3-7(10)4-8)5-9-12-11-6-14(9)2/h6-8H,3-5,10H2,1-2H3. The van der Waals surface area contributed by atoms with Crippen molar-refractivity contribution in [1.29, 1.82) is 0 Å². The summed E-state index contributed by atoms with van der Waals surface area (Å²) in [6, 6.07) is 1.03. The van der Waals surface area contributed by atoms with Crippen molar-refractivity contribution in [3.8, 4) is 0 Å². The van der Waals surface area contributed by atoms with Gasteiger partial charge >= 0.3 is 0 Å². The predicted octanol–water partition coefficient (Wildman–Crippen LogP) is -0.263. The lowest BCUT2D eigenvalue weighted by Crippen LogP contribution is -2.49. The van der Waals surface area contributed by atoms with Crippen LogP contribution in [0, 0.1) is 0 Å². The Morgan fingerprint density at radius 3 is 2.86 bits per heavy atom. The fourth-order valence-electron chi connectivity index (χ4n) is 1.79. The van der Waals surface area contributed by atoms with Gasteiger partial charge in [0.15, 0.2) is 0 Å². The van der Waals surface area contributed by atoms with Gasteiger partial charge in [0.1, 0.15) is 12.2 Å². The van der Waals surface area contributed by atoms with Gasteiger partial charge in [0.2, 0.25) is 0 Å². The maximum Gasteiger partial charge on any atom is 0.146 e. The van der Waals surface area contributed by atoms with Crippen molar-refractivity contribution in [2.75, 3.05) is 7.05 Å². The predicted molar refractivity (Wildman–Crippen MR) is 53.5 cm³/mol. The van der Waals surface area contributed by atoms with Crippen molar-refractivity contribution in [2.24, 2.45) is 12.8 Å². The SMILES string of the molecule is CN(Cc1nncn1C)C1CC(N)C1. The molecule has 2 rings (SSSR count). The van der Waals surface area contributed by atoms with E-state index in [2.05, 4.69) is 22.1 Å². The maximum atomic E-state index is 5.75. The largest absolute Gasteiger partial charge is 0.328 e. The molecule has 1 fully saturated rings. The zero-order valence-electron chi connectivity index (χ0n) is 8.72. The van der Waals surface area contributed by atoms with E-state index in [1.165, 1.54) is 0 Å². The molecule has 0 radical (unpaired) electrons. The number of nitrogens with zero attached hydrogens (tertiary/aromatic N) is 4. The number of aryl methyl sites for hydroxylation is 1. The Bertz CT molecular complexity index is 302. The van der Waals surface area contributed by atoms with Gasteiger partial charge in [-0.25, -0.2) is 0 Å². The molecule has 1 aromatic heterocycles. The highest BCUT2D eigenvalue weighted by Crippen LogP contribution is 2.23. The summed E-state index contributed by atoms with van der Waals surface area (Å²) >= 11 is 0. The molecule has 1 aromatic rings. The summed E-state index contributed by atoms with van der Waals surface area (Å²) < 4.78 is 1.95. The molecule has 0 spiro atoms. The van der Waals surface area contributed by atoms with Crippen molar-refractivity contribution in [1.82, 2.24) is 19.7 Å². The van der Waals surface area contributed by atoms with Crippen LogP contribution in [0.15, 0.2) is 6.33 Å². The minimum absolute atomic E-state index is 0.405. The van der Waals surface area contributed by atoms with Gasteiger partial charge in [-0.05, 0) is 19.9 Å². The van der Waals surface area contributed by atoms with Crippen molar-refractivity contribution in [2.45, 2.75) is 31.5 Å². The van der Waals surface area contributed by atoms with Gasteiger partial charge in [-0.2, -0.15) is 0 Å². The van der Waals surface area contributed by atoms with Crippen molar-refractivity contribution < 1.29 is 0 Å². The van der Waals surface area contributed by atoms with Crippen LogP contribution >= 0.6 is 0 Å². The fourth-order valence-corrected chi connectivity index (χ4v) is 1.79. The number of nitrogens with two attached hydrogens (primary N) is 1. The average molecular weight is 195 g/mol.